The summed E-state index contributed by atoms with van der Waals surface area (Å²) in [6.07, 6.45) is 1.52. The van der Waals surface area contributed by atoms with E-state index in [1.165, 1.54) is 0 Å². The zero-order chi connectivity index (χ0) is 13.4. The van der Waals surface area contributed by atoms with Gasteiger partial charge in [-0.3, -0.25) is 0 Å². The largest absolute Gasteiger partial charge is 0.493 e. The Labute approximate surface area is 117 Å². The summed E-state index contributed by atoms with van der Waals surface area (Å²) in [6, 6.07) is 3.97. The lowest BCUT2D eigenvalue weighted by Crippen LogP contribution is -2.04. The van der Waals surface area contributed by atoms with Crippen LogP contribution in [-0.2, 0) is 6.42 Å². The van der Waals surface area contributed by atoms with Crippen molar-refractivity contribution >= 4 is 15.9 Å². The molecule has 0 fully saturated rings. The maximum absolute atomic E-state index is 5.69. The monoisotopic (exact) mass is 311 g/mol. The molecule has 1 aromatic carbocycles. The van der Waals surface area contributed by atoms with Gasteiger partial charge in [-0.2, -0.15) is 0 Å². The third-order valence-electron chi connectivity index (χ3n) is 2.37. The lowest BCUT2D eigenvalue weighted by atomic mass is 10.1. The third kappa shape index (κ3) is 4.25. The first-order valence-electron chi connectivity index (χ1n) is 5.81. The van der Waals surface area contributed by atoms with Crippen molar-refractivity contribution in [2.75, 3.05) is 20.3 Å². The van der Waals surface area contributed by atoms with Gasteiger partial charge in [0, 0.05) is 6.42 Å². The van der Waals surface area contributed by atoms with Crippen LogP contribution in [0, 0.1) is 11.8 Å². The third-order valence-corrected chi connectivity index (χ3v) is 2.96. The topological polar surface area (TPSA) is 44.5 Å². The molecule has 0 aliphatic carbocycles. The molecule has 0 saturated carbocycles. The van der Waals surface area contributed by atoms with Gasteiger partial charge in [0.05, 0.1) is 18.2 Å². The number of hydrogen-bond donors (Lipinski definition) is 1. The summed E-state index contributed by atoms with van der Waals surface area (Å²) in [4.78, 5) is 0. The number of benzene rings is 1. The lowest BCUT2D eigenvalue weighted by Gasteiger charge is -2.13. The maximum Gasteiger partial charge on any atom is 0.175 e. The first kappa shape index (κ1) is 14.9. The average Bonchev–Trinajstić information content (AvgIpc) is 2.36. The highest BCUT2D eigenvalue weighted by molar-refractivity contribution is 9.10. The molecule has 0 aromatic heterocycles. The van der Waals surface area contributed by atoms with Gasteiger partial charge in [0.1, 0.15) is 0 Å². The molecule has 3 nitrogen and oxygen atoms in total. The van der Waals surface area contributed by atoms with Gasteiger partial charge in [-0.15, -0.1) is 11.8 Å². The van der Waals surface area contributed by atoms with Crippen LogP contribution in [0.2, 0.25) is 0 Å². The molecule has 0 radical (unpaired) electrons. The second-order valence-electron chi connectivity index (χ2n) is 3.67. The van der Waals surface area contributed by atoms with Crippen LogP contribution >= 0.6 is 15.9 Å². The second-order valence-corrected chi connectivity index (χ2v) is 4.53. The normalized spacial score (nSPS) is 9.56. The van der Waals surface area contributed by atoms with Gasteiger partial charge in [-0.25, -0.2) is 0 Å². The summed E-state index contributed by atoms with van der Waals surface area (Å²) in [5.74, 6) is 7.23. The Morgan fingerprint density at radius 1 is 1.39 bits per heavy atom. The van der Waals surface area contributed by atoms with Crippen molar-refractivity contribution in [1.29, 1.82) is 0 Å². The molecule has 0 saturated heterocycles. The Kier molecular flexibility index (Phi) is 6.63. The molecule has 0 amide bonds. The minimum atomic E-state index is 0.548. The van der Waals surface area contributed by atoms with E-state index in [-0.39, 0.29) is 0 Å². The van der Waals surface area contributed by atoms with E-state index in [0.29, 0.717) is 19.6 Å². The number of methoxy groups -OCH3 is 1. The minimum absolute atomic E-state index is 0.548. The van der Waals surface area contributed by atoms with E-state index in [0.717, 1.165) is 28.0 Å². The first-order valence-corrected chi connectivity index (χ1v) is 6.61. The van der Waals surface area contributed by atoms with E-state index in [1.54, 1.807) is 7.11 Å². The van der Waals surface area contributed by atoms with Gasteiger partial charge >= 0.3 is 0 Å². The van der Waals surface area contributed by atoms with Crippen LogP contribution in [0.3, 0.4) is 0 Å². The highest BCUT2D eigenvalue weighted by Gasteiger charge is 2.11. The number of nitrogens with two attached hydrogens (primary N) is 1. The molecule has 0 spiro atoms. The van der Waals surface area contributed by atoms with Crippen LogP contribution in [0.25, 0.3) is 0 Å². The molecule has 0 heterocycles. The molecule has 4 heteroatoms. The molecule has 1 aromatic rings. The highest BCUT2D eigenvalue weighted by Crippen LogP contribution is 2.36. The smallest absolute Gasteiger partial charge is 0.175 e. The summed E-state index contributed by atoms with van der Waals surface area (Å²) in [7, 11) is 1.63. The van der Waals surface area contributed by atoms with E-state index in [2.05, 4.69) is 27.8 Å². The van der Waals surface area contributed by atoms with E-state index in [4.69, 9.17) is 15.2 Å². The van der Waals surface area contributed by atoms with Crippen molar-refractivity contribution in [3.8, 4) is 23.3 Å². The molecule has 1 rings (SSSR count). The standard InChI is InChI=1S/C14H18BrNO2/c1-3-4-5-8-18-14-12(15)9-11(6-7-16)10-13(14)17-2/h9-10H,5-8,16H2,1-2H3. The van der Waals surface area contributed by atoms with Gasteiger partial charge in [0.25, 0.3) is 0 Å². The van der Waals surface area contributed by atoms with Crippen molar-refractivity contribution in [2.45, 2.75) is 19.8 Å². The molecule has 0 unspecified atom stereocenters. The number of hydrogen-bond acceptors (Lipinski definition) is 3. The summed E-state index contributed by atoms with van der Waals surface area (Å²) < 4.78 is 11.9. The van der Waals surface area contributed by atoms with Crippen molar-refractivity contribution in [1.82, 2.24) is 0 Å². The molecule has 0 bridgehead atoms. The molecular weight excluding hydrogens is 294 g/mol. The Morgan fingerprint density at radius 2 is 2.17 bits per heavy atom. The Morgan fingerprint density at radius 3 is 2.78 bits per heavy atom. The number of halogens is 1. The predicted molar refractivity (Wildman–Crippen MR) is 77.0 cm³/mol. The average molecular weight is 312 g/mol. The first-order chi connectivity index (χ1) is 8.72. The lowest BCUT2D eigenvalue weighted by molar-refractivity contribution is 0.299. The van der Waals surface area contributed by atoms with Crippen LogP contribution in [0.5, 0.6) is 11.5 Å². The van der Waals surface area contributed by atoms with E-state index >= 15 is 0 Å². The van der Waals surface area contributed by atoms with E-state index in [9.17, 15) is 0 Å². The number of rotatable bonds is 6. The van der Waals surface area contributed by atoms with Crippen LogP contribution in [-0.4, -0.2) is 20.3 Å². The summed E-state index contributed by atoms with van der Waals surface area (Å²) in [6.45, 7) is 2.98. The fourth-order valence-corrected chi connectivity index (χ4v) is 2.16. The molecule has 0 atom stereocenters. The Bertz CT molecular complexity index is 449. The zero-order valence-electron chi connectivity index (χ0n) is 10.8. The summed E-state index contributed by atoms with van der Waals surface area (Å²) in [5.41, 5.74) is 6.68. The van der Waals surface area contributed by atoms with Gasteiger partial charge in [-0.1, -0.05) is 0 Å². The molecule has 0 aliphatic rings. The Hall–Kier alpha value is -1.18. The minimum Gasteiger partial charge on any atom is -0.493 e. The van der Waals surface area contributed by atoms with Crippen LogP contribution in [0.4, 0.5) is 0 Å². The molecular formula is C14H18BrNO2. The van der Waals surface area contributed by atoms with Crippen molar-refractivity contribution in [2.24, 2.45) is 5.73 Å². The van der Waals surface area contributed by atoms with Gasteiger partial charge in [0.2, 0.25) is 0 Å². The highest BCUT2D eigenvalue weighted by atomic mass is 79.9. The van der Waals surface area contributed by atoms with Crippen LogP contribution < -0.4 is 15.2 Å². The van der Waals surface area contributed by atoms with E-state index in [1.807, 2.05) is 19.1 Å². The number of ether oxygens (including phenoxy) is 2. The van der Waals surface area contributed by atoms with Gasteiger partial charge in [0.15, 0.2) is 11.5 Å². The van der Waals surface area contributed by atoms with Crippen LogP contribution in [0.15, 0.2) is 16.6 Å². The zero-order valence-corrected chi connectivity index (χ0v) is 12.3. The predicted octanol–water partition coefficient (Wildman–Crippen LogP) is 2.75. The molecule has 98 valence electrons. The fraction of sp³-hybridized carbons (Fsp3) is 0.429. The summed E-state index contributed by atoms with van der Waals surface area (Å²) in [5, 5.41) is 0. The summed E-state index contributed by atoms with van der Waals surface area (Å²) >= 11 is 3.50. The quantitative estimate of drug-likeness (QED) is 0.649. The fourth-order valence-electron chi connectivity index (χ4n) is 1.55. The molecule has 0 aliphatic heterocycles. The second kappa shape index (κ2) is 8.02. The van der Waals surface area contributed by atoms with Crippen molar-refractivity contribution < 1.29 is 9.47 Å². The Balaban J connectivity index is 2.84. The van der Waals surface area contributed by atoms with Gasteiger partial charge in [-0.05, 0) is 53.5 Å². The maximum atomic E-state index is 5.69. The van der Waals surface area contributed by atoms with Gasteiger partial charge < -0.3 is 15.2 Å². The van der Waals surface area contributed by atoms with E-state index < -0.39 is 0 Å². The van der Waals surface area contributed by atoms with Crippen molar-refractivity contribution in [3.63, 3.8) is 0 Å². The van der Waals surface area contributed by atoms with Crippen molar-refractivity contribution in [3.05, 3.63) is 22.2 Å². The SMILES string of the molecule is CC#CCCOc1c(Br)cc(CCN)cc1OC. The molecule has 2 N–H and O–H groups in total. The van der Waals surface area contributed by atoms with Crippen LogP contribution in [0.1, 0.15) is 18.9 Å². The molecule has 18 heavy (non-hydrogen) atoms.